The van der Waals surface area contributed by atoms with Gasteiger partial charge in [0.1, 0.15) is 5.82 Å². The molecule has 3 rings (SSSR count). The number of carbonyl (C=O) groups excluding carboxylic acids is 1. The van der Waals surface area contributed by atoms with Crippen LogP contribution in [0.4, 0.5) is 9.52 Å². The van der Waals surface area contributed by atoms with Gasteiger partial charge in [-0.1, -0.05) is 12.1 Å². The van der Waals surface area contributed by atoms with Crippen LogP contribution in [-0.4, -0.2) is 35.1 Å². The van der Waals surface area contributed by atoms with E-state index in [0.717, 1.165) is 28.5 Å². The molecule has 0 radical (unpaired) electrons. The average molecular weight is 428 g/mol. The SMILES string of the molecule is CCN(Cc1ccc(C(=O)NCCC(=O)O)cc1)c1nc(-c2ccc(F)cc2)cs1. The van der Waals surface area contributed by atoms with Crippen molar-refractivity contribution in [2.45, 2.75) is 19.9 Å². The number of halogens is 1. The van der Waals surface area contributed by atoms with Crippen molar-refractivity contribution in [3.63, 3.8) is 0 Å². The van der Waals surface area contributed by atoms with E-state index >= 15 is 0 Å². The number of carboxylic acids is 1. The van der Waals surface area contributed by atoms with E-state index in [4.69, 9.17) is 5.11 Å². The maximum Gasteiger partial charge on any atom is 0.305 e. The minimum absolute atomic E-state index is 0.0972. The molecular formula is C22H22FN3O3S. The molecule has 1 amide bonds. The van der Waals surface area contributed by atoms with Gasteiger partial charge >= 0.3 is 5.97 Å². The second kappa shape index (κ2) is 9.98. The summed E-state index contributed by atoms with van der Waals surface area (Å²) < 4.78 is 13.1. The third-order valence-electron chi connectivity index (χ3n) is 4.50. The van der Waals surface area contributed by atoms with Crippen molar-refractivity contribution in [1.29, 1.82) is 0 Å². The Kier molecular flexibility index (Phi) is 7.13. The smallest absolute Gasteiger partial charge is 0.305 e. The highest BCUT2D eigenvalue weighted by molar-refractivity contribution is 7.14. The van der Waals surface area contributed by atoms with Gasteiger partial charge < -0.3 is 15.3 Å². The van der Waals surface area contributed by atoms with Crippen LogP contribution in [0.15, 0.2) is 53.9 Å². The largest absolute Gasteiger partial charge is 0.481 e. The standard InChI is InChI=1S/C22H22FN3O3S/c1-2-26(22-25-19(14-30-22)16-7-9-18(23)10-8-16)13-15-3-5-17(6-4-15)21(29)24-12-11-20(27)28/h3-10,14H,2,11-13H2,1H3,(H,24,29)(H,27,28). The van der Waals surface area contributed by atoms with Gasteiger partial charge in [0.15, 0.2) is 5.13 Å². The zero-order chi connectivity index (χ0) is 21.5. The molecule has 8 heteroatoms. The Bertz CT molecular complexity index is 1000. The number of aromatic nitrogens is 1. The van der Waals surface area contributed by atoms with E-state index in [9.17, 15) is 14.0 Å². The van der Waals surface area contributed by atoms with Gasteiger partial charge in [0.2, 0.25) is 0 Å². The van der Waals surface area contributed by atoms with Crippen molar-refractivity contribution in [3.05, 3.63) is 70.9 Å². The summed E-state index contributed by atoms with van der Waals surface area (Å²) in [5.74, 6) is -1.52. The molecule has 0 saturated carbocycles. The van der Waals surface area contributed by atoms with Crippen LogP contribution in [0.2, 0.25) is 0 Å². The van der Waals surface area contributed by atoms with Crippen molar-refractivity contribution in [3.8, 4) is 11.3 Å². The molecule has 156 valence electrons. The van der Waals surface area contributed by atoms with Crippen LogP contribution in [-0.2, 0) is 11.3 Å². The summed E-state index contributed by atoms with van der Waals surface area (Å²) in [7, 11) is 0. The molecular weight excluding hydrogens is 405 g/mol. The number of aliphatic carboxylic acids is 1. The summed E-state index contributed by atoms with van der Waals surface area (Å²) in [5.41, 5.74) is 3.19. The fourth-order valence-corrected chi connectivity index (χ4v) is 3.74. The van der Waals surface area contributed by atoms with Crippen LogP contribution in [0, 0.1) is 5.82 Å². The lowest BCUT2D eigenvalue weighted by Crippen LogP contribution is -2.26. The van der Waals surface area contributed by atoms with Gasteiger partial charge in [-0.05, 0) is 48.9 Å². The average Bonchev–Trinajstić information content (AvgIpc) is 3.22. The topological polar surface area (TPSA) is 82.5 Å². The Morgan fingerprint density at radius 1 is 1.13 bits per heavy atom. The molecule has 0 aliphatic carbocycles. The number of hydrogen-bond acceptors (Lipinski definition) is 5. The molecule has 0 aliphatic heterocycles. The lowest BCUT2D eigenvalue weighted by molar-refractivity contribution is -0.136. The molecule has 0 saturated heterocycles. The monoisotopic (exact) mass is 427 g/mol. The van der Waals surface area contributed by atoms with Gasteiger partial charge in [-0.25, -0.2) is 9.37 Å². The summed E-state index contributed by atoms with van der Waals surface area (Å²) in [6.07, 6.45) is -0.108. The second-order valence-electron chi connectivity index (χ2n) is 6.63. The molecule has 2 aromatic carbocycles. The molecule has 0 bridgehead atoms. The van der Waals surface area contributed by atoms with Crippen LogP contribution in [0.25, 0.3) is 11.3 Å². The Balaban J connectivity index is 1.64. The van der Waals surface area contributed by atoms with Crippen molar-refractivity contribution in [1.82, 2.24) is 10.3 Å². The molecule has 1 aromatic heterocycles. The first kappa shape index (κ1) is 21.4. The Morgan fingerprint density at radius 2 is 1.83 bits per heavy atom. The van der Waals surface area contributed by atoms with Crippen LogP contribution < -0.4 is 10.2 Å². The number of nitrogens with one attached hydrogen (secondary N) is 1. The summed E-state index contributed by atoms with van der Waals surface area (Å²) in [6.45, 7) is 3.53. The van der Waals surface area contributed by atoms with Gasteiger partial charge in [0, 0.05) is 36.1 Å². The zero-order valence-electron chi connectivity index (χ0n) is 16.5. The molecule has 0 spiro atoms. The molecule has 0 atom stereocenters. The zero-order valence-corrected chi connectivity index (χ0v) is 17.3. The summed E-state index contributed by atoms with van der Waals surface area (Å²) >= 11 is 1.53. The lowest BCUT2D eigenvalue weighted by Gasteiger charge is -2.20. The van der Waals surface area contributed by atoms with E-state index in [1.165, 1.54) is 23.5 Å². The molecule has 3 aromatic rings. The van der Waals surface area contributed by atoms with Crippen LogP contribution in [0.5, 0.6) is 0 Å². The predicted octanol–water partition coefficient (Wildman–Crippen LogP) is 4.18. The van der Waals surface area contributed by atoms with Crippen molar-refractivity contribution >= 4 is 28.3 Å². The molecule has 2 N–H and O–H groups in total. The van der Waals surface area contributed by atoms with Gasteiger partial charge in [-0.3, -0.25) is 9.59 Å². The quantitative estimate of drug-likeness (QED) is 0.535. The molecule has 1 heterocycles. The van der Waals surface area contributed by atoms with Gasteiger partial charge in [-0.15, -0.1) is 11.3 Å². The van der Waals surface area contributed by atoms with Crippen molar-refractivity contribution in [2.24, 2.45) is 0 Å². The lowest BCUT2D eigenvalue weighted by atomic mass is 10.1. The van der Waals surface area contributed by atoms with E-state index < -0.39 is 5.97 Å². The van der Waals surface area contributed by atoms with E-state index in [1.807, 2.05) is 24.4 Å². The highest BCUT2D eigenvalue weighted by atomic mass is 32.1. The fourth-order valence-electron chi connectivity index (χ4n) is 2.84. The number of rotatable bonds is 9. The Hall–Kier alpha value is -3.26. The first-order valence-corrected chi connectivity index (χ1v) is 10.4. The number of amides is 1. The fraction of sp³-hybridized carbons (Fsp3) is 0.227. The first-order valence-electron chi connectivity index (χ1n) is 9.51. The maximum atomic E-state index is 13.1. The first-order chi connectivity index (χ1) is 14.5. The number of carboxylic acid groups (broad SMARTS) is 1. The Labute approximate surface area is 178 Å². The number of anilines is 1. The van der Waals surface area contributed by atoms with E-state index in [0.29, 0.717) is 12.1 Å². The minimum atomic E-state index is -0.949. The molecule has 0 fully saturated rings. The van der Waals surface area contributed by atoms with Gasteiger partial charge in [0.05, 0.1) is 12.1 Å². The summed E-state index contributed by atoms with van der Waals surface area (Å²) in [6, 6.07) is 13.5. The molecule has 6 nitrogen and oxygen atoms in total. The molecule has 0 aliphatic rings. The molecule has 30 heavy (non-hydrogen) atoms. The number of benzene rings is 2. The third-order valence-corrected chi connectivity index (χ3v) is 5.40. The van der Waals surface area contributed by atoms with Crippen LogP contribution in [0.3, 0.4) is 0 Å². The van der Waals surface area contributed by atoms with Crippen LogP contribution in [0.1, 0.15) is 29.3 Å². The summed E-state index contributed by atoms with van der Waals surface area (Å²) in [5, 5.41) is 14.0. The van der Waals surface area contributed by atoms with E-state index in [2.05, 4.69) is 15.2 Å². The van der Waals surface area contributed by atoms with Crippen LogP contribution >= 0.6 is 11.3 Å². The highest BCUT2D eigenvalue weighted by Crippen LogP contribution is 2.28. The van der Waals surface area contributed by atoms with E-state index in [-0.39, 0.29) is 24.7 Å². The number of hydrogen-bond donors (Lipinski definition) is 2. The molecule has 0 unspecified atom stereocenters. The highest BCUT2D eigenvalue weighted by Gasteiger charge is 2.12. The van der Waals surface area contributed by atoms with Gasteiger partial charge in [0.25, 0.3) is 5.91 Å². The predicted molar refractivity (Wildman–Crippen MR) is 115 cm³/mol. The van der Waals surface area contributed by atoms with Crippen molar-refractivity contribution in [2.75, 3.05) is 18.0 Å². The number of nitrogens with zero attached hydrogens (tertiary/aromatic N) is 2. The minimum Gasteiger partial charge on any atom is -0.481 e. The van der Waals surface area contributed by atoms with Crippen molar-refractivity contribution < 1.29 is 19.1 Å². The maximum absolute atomic E-state index is 13.1. The van der Waals surface area contributed by atoms with Gasteiger partial charge in [-0.2, -0.15) is 0 Å². The number of carbonyl (C=O) groups is 2. The second-order valence-corrected chi connectivity index (χ2v) is 7.47. The Morgan fingerprint density at radius 3 is 2.47 bits per heavy atom. The van der Waals surface area contributed by atoms with E-state index in [1.54, 1.807) is 24.3 Å². The third kappa shape index (κ3) is 5.64. The number of thiazole rings is 1. The summed E-state index contributed by atoms with van der Waals surface area (Å²) in [4.78, 5) is 29.4. The normalized spacial score (nSPS) is 10.6.